The average molecular weight is 287 g/mol. The minimum atomic E-state index is -0.122. The van der Waals surface area contributed by atoms with Crippen molar-refractivity contribution >= 4 is 17.6 Å². The summed E-state index contributed by atoms with van der Waals surface area (Å²) in [5, 5.41) is 2.87. The number of aromatic nitrogens is 1. The molecule has 2 heterocycles. The smallest absolute Gasteiger partial charge is 0.230 e. The molecule has 112 valence electrons. The van der Waals surface area contributed by atoms with Gasteiger partial charge in [0.05, 0.1) is 5.92 Å². The number of nitrogens with one attached hydrogen (secondary N) is 1. The molecule has 1 aromatic rings. The van der Waals surface area contributed by atoms with Gasteiger partial charge in [-0.2, -0.15) is 0 Å². The molecule has 1 aliphatic heterocycles. The Morgan fingerprint density at radius 3 is 2.76 bits per heavy atom. The number of amides is 2. The highest BCUT2D eigenvalue weighted by atomic mass is 16.2. The molecular weight excluding hydrogens is 266 g/mol. The van der Waals surface area contributed by atoms with Crippen molar-refractivity contribution in [1.29, 1.82) is 0 Å². The molecule has 0 aromatic carbocycles. The van der Waals surface area contributed by atoms with Crippen LogP contribution >= 0.6 is 0 Å². The molecule has 1 unspecified atom stereocenters. The number of aryl methyl sites for hydroxylation is 1. The summed E-state index contributed by atoms with van der Waals surface area (Å²) in [6.45, 7) is 3.24. The number of carbonyl (C=O) groups excluding carboxylic acids is 2. The van der Waals surface area contributed by atoms with Crippen LogP contribution in [0.1, 0.15) is 31.4 Å². The van der Waals surface area contributed by atoms with E-state index >= 15 is 0 Å². The lowest BCUT2D eigenvalue weighted by Gasteiger charge is -2.32. The highest BCUT2D eigenvalue weighted by Crippen LogP contribution is 2.32. The zero-order chi connectivity index (χ0) is 14.8. The number of hydrogen-bond donors (Lipinski definition) is 1. The van der Waals surface area contributed by atoms with Gasteiger partial charge in [-0.1, -0.05) is 6.07 Å². The first-order valence-corrected chi connectivity index (χ1v) is 7.67. The van der Waals surface area contributed by atoms with Gasteiger partial charge in [0.1, 0.15) is 5.82 Å². The summed E-state index contributed by atoms with van der Waals surface area (Å²) in [6.07, 6.45) is 3.77. The first-order chi connectivity index (χ1) is 10.1. The lowest BCUT2D eigenvalue weighted by atomic mass is 9.96. The first kappa shape index (κ1) is 14.0. The minimum Gasteiger partial charge on any atom is -0.342 e. The maximum absolute atomic E-state index is 12.3. The summed E-state index contributed by atoms with van der Waals surface area (Å²) >= 11 is 0. The van der Waals surface area contributed by atoms with Gasteiger partial charge in [-0.25, -0.2) is 4.98 Å². The monoisotopic (exact) mass is 287 g/mol. The second kappa shape index (κ2) is 5.84. The van der Waals surface area contributed by atoms with Crippen LogP contribution in [-0.2, 0) is 9.59 Å². The lowest BCUT2D eigenvalue weighted by Crippen LogP contribution is -2.44. The third-order valence-corrected chi connectivity index (χ3v) is 4.17. The van der Waals surface area contributed by atoms with Crippen LogP contribution in [0.4, 0.5) is 5.82 Å². The fourth-order valence-electron chi connectivity index (χ4n) is 2.82. The van der Waals surface area contributed by atoms with Gasteiger partial charge < -0.3 is 10.2 Å². The summed E-state index contributed by atoms with van der Waals surface area (Å²) < 4.78 is 0. The van der Waals surface area contributed by atoms with Crippen LogP contribution in [0.2, 0.25) is 0 Å². The Balaban J connectivity index is 1.60. The van der Waals surface area contributed by atoms with E-state index in [0.29, 0.717) is 12.4 Å². The topological polar surface area (TPSA) is 62.3 Å². The SMILES string of the molecule is Cc1cccc(NC(=O)C2CCCN(C(=O)C3CC3)C2)n1. The third kappa shape index (κ3) is 3.40. The normalized spacial score (nSPS) is 22.0. The predicted octanol–water partition coefficient (Wildman–Crippen LogP) is 1.98. The molecule has 0 radical (unpaired) electrons. The van der Waals surface area contributed by atoms with Crippen LogP contribution in [0.5, 0.6) is 0 Å². The molecule has 1 aromatic heterocycles. The molecule has 0 bridgehead atoms. The van der Waals surface area contributed by atoms with E-state index in [0.717, 1.165) is 37.9 Å². The number of piperidine rings is 1. The summed E-state index contributed by atoms with van der Waals surface area (Å²) in [6, 6.07) is 5.56. The summed E-state index contributed by atoms with van der Waals surface area (Å²) in [4.78, 5) is 30.6. The Kier molecular flexibility index (Phi) is 3.90. The molecule has 0 spiro atoms. The molecule has 1 aliphatic carbocycles. The zero-order valence-electron chi connectivity index (χ0n) is 12.3. The minimum absolute atomic E-state index is 0.0265. The molecule has 5 heteroatoms. The lowest BCUT2D eigenvalue weighted by molar-refractivity contribution is -0.135. The van der Waals surface area contributed by atoms with Crippen LogP contribution < -0.4 is 5.32 Å². The van der Waals surface area contributed by atoms with E-state index in [1.54, 1.807) is 6.07 Å². The summed E-state index contributed by atoms with van der Waals surface area (Å²) in [5.41, 5.74) is 0.877. The fourth-order valence-corrected chi connectivity index (χ4v) is 2.82. The number of likely N-dealkylation sites (tertiary alicyclic amines) is 1. The van der Waals surface area contributed by atoms with E-state index in [4.69, 9.17) is 0 Å². The van der Waals surface area contributed by atoms with Crippen molar-refractivity contribution in [2.45, 2.75) is 32.6 Å². The quantitative estimate of drug-likeness (QED) is 0.924. The Hall–Kier alpha value is -1.91. The van der Waals surface area contributed by atoms with Gasteiger partial charge in [-0.05, 0) is 44.7 Å². The van der Waals surface area contributed by atoms with Gasteiger partial charge in [0.25, 0.3) is 0 Å². The van der Waals surface area contributed by atoms with E-state index < -0.39 is 0 Å². The molecule has 1 saturated carbocycles. The molecule has 1 N–H and O–H groups in total. The summed E-state index contributed by atoms with van der Waals surface area (Å²) in [7, 11) is 0. The zero-order valence-corrected chi connectivity index (χ0v) is 12.3. The molecule has 21 heavy (non-hydrogen) atoms. The Bertz CT molecular complexity index is 554. The van der Waals surface area contributed by atoms with E-state index in [1.165, 1.54) is 0 Å². The van der Waals surface area contributed by atoms with Gasteiger partial charge in [0.2, 0.25) is 11.8 Å². The molecule has 3 rings (SSSR count). The van der Waals surface area contributed by atoms with E-state index in [2.05, 4.69) is 10.3 Å². The van der Waals surface area contributed by atoms with E-state index in [1.807, 2.05) is 24.0 Å². The number of pyridine rings is 1. The predicted molar refractivity (Wildman–Crippen MR) is 79.6 cm³/mol. The Morgan fingerprint density at radius 1 is 1.24 bits per heavy atom. The van der Waals surface area contributed by atoms with Crippen LogP contribution in [0.15, 0.2) is 18.2 Å². The van der Waals surface area contributed by atoms with E-state index in [9.17, 15) is 9.59 Å². The number of carbonyl (C=O) groups is 2. The highest BCUT2D eigenvalue weighted by molar-refractivity contribution is 5.92. The maximum atomic E-state index is 12.3. The van der Waals surface area contributed by atoms with Gasteiger partial charge in [0, 0.05) is 24.7 Å². The number of hydrogen-bond acceptors (Lipinski definition) is 3. The second-order valence-corrected chi connectivity index (χ2v) is 6.05. The standard InChI is InChI=1S/C16H21N3O2/c1-11-4-2-6-14(17-11)18-15(20)13-5-3-9-19(10-13)16(21)12-7-8-12/h2,4,6,12-13H,3,5,7-10H2,1H3,(H,17,18,20). The second-order valence-electron chi connectivity index (χ2n) is 6.05. The van der Waals surface area contributed by atoms with Gasteiger partial charge in [0.15, 0.2) is 0 Å². The molecule has 2 fully saturated rings. The third-order valence-electron chi connectivity index (χ3n) is 4.17. The van der Waals surface area contributed by atoms with Crippen LogP contribution in [-0.4, -0.2) is 34.8 Å². The van der Waals surface area contributed by atoms with Crippen molar-refractivity contribution in [3.8, 4) is 0 Å². The number of anilines is 1. The highest BCUT2D eigenvalue weighted by Gasteiger charge is 2.36. The van der Waals surface area contributed by atoms with Gasteiger partial charge in [-0.3, -0.25) is 9.59 Å². The van der Waals surface area contributed by atoms with Crippen molar-refractivity contribution in [3.05, 3.63) is 23.9 Å². The molecule has 2 aliphatic rings. The van der Waals surface area contributed by atoms with Crippen molar-refractivity contribution in [2.75, 3.05) is 18.4 Å². The van der Waals surface area contributed by atoms with Crippen LogP contribution in [0.25, 0.3) is 0 Å². The molecule has 2 amide bonds. The van der Waals surface area contributed by atoms with Crippen LogP contribution in [0.3, 0.4) is 0 Å². The molecule has 1 atom stereocenters. The van der Waals surface area contributed by atoms with Crippen molar-refractivity contribution in [3.63, 3.8) is 0 Å². The molecular formula is C16H21N3O2. The van der Waals surface area contributed by atoms with Crippen molar-refractivity contribution < 1.29 is 9.59 Å². The number of rotatable bonds is 3. The Morgan fingerprint density at radius 2 is 2.05 bits per heavy atom. The van der Waals surface area contributed by atoms with E-state index in [-0.39, 0.29) is 23.7 Å². The van der Waals surface area contributed by atoms with Gasteiger partial charge >= 0.3 is 0 Å². The largest absolute Gasteiger partial charge is 0.342 e. The van der Waals surface area contributed by atoms with Gasteiger partial charge in [-0.15, -0.1) is 0 Å². The molecule has 5 nitrogen and oxygen atoms in total. The maximum Gasteiger partial charge on any atom is 0.230 e. The average Bonchev–Trinajstić information content (AvgIpc) is 3.31. The number of nitrogens with zero attached hydrogens (tertiary/aromatic N) is 2. The van der Waals surface area contributed by atoms with Crippen molar-refractivity contribution in [1.82, 2.24) is 9.88 Å². The summed E-state index contributed by atoms with van der Waals surface area (Å²) in [5.74, 6) is 0.905. The van der Waals surface area contributed by atoms with Crippen molar-refractivity contribution in [2.24, 2.45) is 11.8 Å². The van der Waals surface area contributed by atoms with Crippen LogP contribution in [0, 0.1) is 18.8 Å². The fraction of sp³-hybridized carbons (Fsp3) is 0.562. The molecule has 1 saturated heterocycles. The Labute approximate surface area is 124 Å². The first-order valence-electron chi connectivity index (χ1n) is 7.67.